The Morgan fingerprint density at radius 2 is 1.69 bits per heavy atom. The fourth-order valence-electron chi connectivity index (χ4n) is 2.78. The van der Waals surface area contributed by atoms with Gasteiger partial charge in [0, 0.05) is 11.8 Å². The minimum absolute atomic E-state index is 0.281. The van der Waals surface area contributed by atoms with Crippen molar-refractivity contribution in [3.63, 3.8) is 0 Å². The summed E-state index contributed by atoms with van der Waals surface area (Å²) in [5, 5.41) is 8.82. The Kier molecular flexibility index (Phi) is 4.27. The molecule has 0 saturated heterocycles. The van der Waals surface area contributed by atoms with Crippen molar-refractivity contribution in [2.45, 2.75) is 13.3 Å². The van der Waals surface area contributed by atoms with Crippen LogP contribution >= 0.6 is 0 Å². The van der Waals surface area contributed by atoms with Gasteiger partial charge in [0.15, 0.2) is 5.82 Å². The van der Waals surface area contributed by atoms with Gasteiger partial charge in [-0.1, -0.05) is 25.1 Å². The predicted molar refractivity (Wildman–Crippen MR) is 101 cm³/mol. The minimum atomic E-state index is -0.281. The molecule has 0 aliphatic carbocycles. The Morgan fingerprint density at radius 1 is 0.923 bits per heavy atom. The first-order valence-corrected chi connectivity index (χ1v) is 8.48. The summed E-state index contributed by atoms with van der Waals surface area (Å²) in [5.74, 6) is 0.337. The lowest BCUT2D eigenvalue weighted by Gasteiger charge is -2.00. The van der Waals surface area contributed by atoms with Crippen molar-refractivity contribution in [1.29, 1.82) is 0 Å². The number of aromatic nitrogens is 2. The molecule has 2 aromatic heterocycles. The van der Waals surface area contributed by atoms with Gasteiger partial charge in [-0.05, 0) is 60.5 Å². The molecule has 0 radical (unpaired) electrons. The molecule has 0 bridgehead atoms. The molecule has 2 heterocycles. The molecule has 4 aromatic rings. The molecular weight excluding hydrogens is 327 g/mol. The first kappa shape index (κ1) is 16.1. The van der Waals surface area contributed by atoms with Crippen LogP contribution in [0.2, 0.25) is 0 Å². The molecule has 0 amide bonds. The number of hydrogen-bond donors (Lipinski definition) is 0. The van der Waals surface area contributed by atoms with Crippen LogP contribution in [0.3, 0.4) is 0 Å². The number of rotatable bonds is 4. The van der Waals surface area contributed by atoms with E-state index in [1.54, 1.807) is 12.1 Å². The van der Waals surface area contributed by atoms with E-state index in [9.17, 15) is 4.39 Å². The lowest BCUT2D eigenvalue weighted by atomic mass is 10.1. The van der Waals surface area contributed by atoms with Crippen molar-refractivity contribution in [1.82, 2.24) is 9.38 Å². The van der Waals surface area contributed by atoms with Gasteiger partial charge in [-0.2, -0.15) is 0 Å². The Labute approximate surface area is 150 Å². The Balaban J connectivity index is 1.80. The highest BCUT2D eigenvalue weighted by Gasteiger charge is 2.13. The van der Waals surface area contributed by atoms with Gasteiger partial charge in [0.05, 0.1) is 5.69 Å². The van der Waals surface area contributed by atoms with Crippen LogP contribution < -0.4 is 0 Å². The van der Waals surface area contributed by atoms with Crippen LogP contribution in [0, 0.1) is 5.82 Å². The molecule has 4 nitrogen and oxygen atoms in total. The summed E-state index contributed by atoms with van der Waals surface area (Å²) in [6.07, 6.45) is 2.88. The Morgan fingerprint density at radius 3 is 2.42 bits per heavy atom. The second-order valence-electron chi connectivity index (χ2n) is 5.94. The van der Waals surface area contributed by atoms with E-state index in [0.717, 1.165) is 23.3 Å². The minimum Gasteiger partial charge on any atom is -0.283 e. The van der Waals surface area contributed by atoms with E-state index in [0.29, 0.717) is 11.5 Å². The van der Waals surface area contributed by atoms with Crippen LogP contribution in [-0.2, 0) is 6.42 Å². The van der Waals surface area contributed by atoms with Gasteiger partial charge in [-0.25, -0.2) is 9.37 Å². The molecule has 0 atom stereocenters. The van der Waals surface area contributed by atoms with Crippen molar-refractivity contribution in [3.8, 4) is 11.3 Å². The number of hydrogen-bond acceptors (Lipinski definition) is 3. The number of halogens is 1. The van der Waals surface area contributed by atoms with Crippen LogP contribution in [0.25, 0.3) is 16.9 Å². The standard InChI is InChI=1S/C21H17FN4/c1-2-15-6-12-18(13-7-15)24-25-21-20(16-8-10-17(22)11-9-16)23-19-5-3-4-14-26(19)21/h3-14H,2H2,1H3. The highest BCUT2D eigenvalue weighted by molar-refractivity contribution is 5.74. The van der Waals surface area contributed by atoms with Gasteiger partial charge in [-0.3, -0.25) is 4.40 Å². The maximum Gasteiger partial charge on any atom is 0.187 e. The molecule has 0 unspecified atom stereocenters. The zero-order valence-electron chi connectivity index (χ0n) is 14.3. The lowest BCUT2D eigenvalue weighted by molar-refractivity contribution is 0.628. The van der Waals surface area contributed by atoms with Crippen LogP contribution in [0.1, 0.15) is 12.5 Å². The number of fused-ring (bicyclic) bond motifs is 1. The van der Waals surface area contributed by atoms with E-state index in [1.165, 1.54) is 17.7 Å². The number of benzene rings is 2. The maximum absolute atomic E-state index is 13.3. The summed E-state index contributed by atoms with van der Waals surface area (Å²) in [6, 6.07) is 20.0. The van der Waals surface area contributed by atoms with E-state index < -0.39 is 0 Å². The third-order valence-corrected chi connectivity index (χ3v) is 4.23. The Bertz CT molecular complexity index is 1060. The molecule has 2 aromatic carbocycles. The van der Waals surface area contributed by atoms with Gasteiger partial charge < -0.3 is 0 Å². The van der Waals surface area contributed by atoms with E-state index in [2.05, 4.69) is 22.1 Å². The summed E-state index contributed by atoms with van der Waals surface area (Å²) in [7, 11) is 0. The van der Waals surface area contributed by atoms with E-state index in [4.69, 9.17) is 0 Å². The molecule has 128 valence electrons. The molecule has 26 heavy (non-hydrogen) atoms. The topological polar surface area (TPSA) is 42.0 Å². The van der Waals surface area contributed by atoms with Crippen LogP contribution in [0.5, 0.6) is 0 Å². The smallest absolute Gasteiger partial charge is 0.187 e. The van der Waals surface area contributed by atoms with Gasteiger partial charge in [0.25, 0.3) is 0 Å². The average Bonchev–Trinajstić information content (AvgIpc) is 3.06. The number of pyridine rings is 1. The molecule has 0 N–H and O–H groups in total. The number of imidazole rings is 1. The largest absolute Gasteiger partial charge is 0.283 e. The summed E-state index contributed by atoms with van der Waals surface area (Å²) in [4.78, 5) is 4.64. The lowest BCUT2D eigenvalue weighted by Crippen LogP contribution is -1.82. The third kappa shape index (κ3) is 3.11. The van der Waals surface area contributed by atoms with Crippen LogP contribution in [-0.4, -0.2) is 9.38 Å². The van der Waals surface area contributed by atoms with Crippen molar-refractivity contribution in [3.05, 3.63) is 84.3 Å². The predicted octanol–water partition coefficient (Wildman–Crippen LogP) is 6.12. The Hall–Kier alpha value is -3.34. The normalized spacial score (nSPS) is 11.5. The number of azo groups is 1. The maximum atomic E-state index is 13.3. The van der Waals surface area contributed by atoms with Crippen LogP contribution in [0.4, 0.5) is 15.9 Å². The SMILES string of the molecule is CCc1ccc(N=Nc2c(-c3ccc(F)cc3)nc3ccccn23)cc1. The summed E-state index contributed by atoms with van der Waals surface area (Å²) in [5.41, 5.74) is 4.27. The quantitative estimate of drug-likeness (QED) is 0.411. The molecule has 0 aliphatic heterocycles. The molecule has 4 rings (SSSR count). The monoisotopic (exact) mass is 344 g/mol. The van der Waals surface area contributed by atoms with Crippen molar-refractivity contribution < 1.29 is 4.39 Å². The second-order valence-corrected chi connectivity index (χ2v) is 5.94. The fourth-order valence-corrected chi connectivity index (χ4v) is 2.78. The molecule has 0 saturated carbocycles. The first-order chi connectivity index (χ1) is 12.7. The summed E-state index contributed by atoms with van der Waals surface area (Å²) in [6.45, 7) is 2.11. The van der Waals surface area contributed by atoms with Crippen molar-refractivity contribution in [2.24, 2.45) is 10.2 Å². The fraction of sp³-hybridized carbons (Fsp3) is 0.0952. The zero-order chi connectivity index (χ0) is 17.9. The van der Waals surface area contributed by atoms with E-state index in [1.807, 2.05) is 53.1 Å². The van der Waals surface area contributed by atoms with E-state index >= 15 is 0 Å². The molecule has 0 fully saturated rings. The van der Waals surface area contributed by atoms with E-state index in [-0.39, 0.29) is 5.82 Å². The summed E-state index contributed by atoms with van der Waals surface area (Å²) < 4.78 is 15.1. The highest BCUT2D eigenvalue weighted by atomic mass is 19.1. The highest BCUT2D eigenvalue weighted by Crippen LogP contribution is 2.32. The number of nitrogens with zero attached hydrogens (tertiary/aromatic N) is 4. The van der Waals surface area contributed by atoms with Crippen LogP contribution in [0.15, 0.2) is 83.2 Å². The average molecular weight is 344 g/mol. The van der Waals surface area contributed by atoms with Gasteiger partial charge in [0.2, 0.25) is 0 Å². The molecule has 0 spiro atoms. The molecule has 5 heteroatoms. The second kappa shape index (κ2) is 6.88. The third-order valence-electron chi connectivity index (χ3n) is 4.23. The van der Waals surface area contributed by atoms with Crippen molar-refractivity contribution in [2.75, 3.05) is 0 Å². The van der Waals surface area contributed by atoms with Gasteiger partial charge >= 0.3 is 0 Å². The molecular formula is C21H17FN4. The van der Waals surface area contributed by atoms with Crippen molar-refractivity contribution >= 4 is 17.2 Å². The first-order valence-electron chi connectivity index (χ1n) is 8.48. The zero-order valence-corrected chi connectivity index (χ0v) is 14.3. The number of aryl methyl sites for hydroxylation is 1. The van der Waals surface area contributed by atoms with Gasteiger partial charge in [0.1, 0.15) is 17.2 Å². The summed E-state index contributed by atoms with van der Waals surface area (Å²) >= 11 is 0. The molecule has 0 aliphatic rings. The van der Waals surface area contributed by atoms with Gasteiger partial charge in [-0.15, -0.1) is 10.2 Å².